The van der Waals surface area contributed by atoms with Crippen molar-refractivity contribution in [3.05, 3.63) is 71.4 Å². The van der Waals surface area contributed by atoms with Crippen LogP contribution in [0, 0.1) is 5.92 Å². The van der Waals surface area contributed by atoms with E-state index < -0.39 is 30.0 Å². The number of benzene rings is 2. The van der Waals surface area contributed by atoms with Gasteiger partial charge < -0.3 is 24.4 Å². The Morgan fingerprint density at radius 1 is 1.06 bits per heavy atom. The Labute approximate surface area is 200 Å². The zero-order valence-corrected chi connectivity index (χ0v) is 18.6. The highest BCUT2D eigenvalue weighted by molar-refractivity contribution is 5.94. The fourth-order valence-corrected chi connectivity index (χ4v) is 4.75. The summed E-state index contributed by atoms with van der Waals surface area (Å²) in [5.41, 5.74) is 4.28. The molecule has 0 saturated carbocycles. The number of likely N-dealkylation sites (tertiary alicyclic amines) is 1. The van der Waals surface area contributed by atoms with Crippen molar-refractivity contribution in [2.75, 3.05) is 25.0 Å². The summed E-state index contributed by atoms with van der Waals surface area (Å²) in [6.45, 7) is 0.0554. The van der Waals surface area contributed by atoms with E-state index in [9.17, 15) is 24.6 Å². The molecule has 1 aromatic heterocycles. The topological polar surface area (TPSA) is 142 Å². The number of nitrogens with one attached hydrogen (secondary N) is 1. The number of carbonyl (C=O) groups excluding carboxylic acids is 2. The van der Waals surface area contributed by atoms with E-state index in [4.69, 9.17) is 9.26 Å². The molecule has 0 bridgehead atoms. The molecule has 1 fully saturated rings. The van der Waals surface area contributed by atoms with Crippen LogP contribution in [0.2, 0.25) is 0 Å². The van der Waals surface area contributed by atoms with Crippen molar-refractivity contribution in [1.82, 2.24) is 10.1 Å². The van der Waals surface area contributed by atoms with Gasteiger partial charge in [-0.15, -0.1) is 0 Å². The molecular formula is C25H23N3O7. The first-order valence-electron chi connectivity index (χ1n) is 11.2. The SMILES string of the molecule is O=C(Nc1cc(C(=O)N2CC(O)CC(C(=O)O)C2)no1)OCC1c2ccccc2-c2ccccc21. The van der Waals surface area contributed by atoms with E-state index >= 15 is 0 Å². The molecule has 2 amide bonds. The lowest BCUT2D eigenvalue weighted by Crippen LogP contribution is -2.48. The molecule has 1 saturated heterocycles. The van der Waals surface area contributed by atoms with Crippen LogP contribution < -0.4 is 5.32 Å². The predicted octanol–water partition coefficient (Wildman–Crippen LogP) is 2.94. The maximum Gasteiger partial charge on any atom is 0.414 e. The molecule has 180 valence electrons. The first-order chi connectivity index (χ1) is 16.9. The van der Waals surface area contributed by atoms with Gasteiger partial charge >= 0.3 is 12.1 Å². The highest BCUT2D eigenvalue weighted by atomic mass is 16.6. The van der Waals surface area contributed by atoms with Crippen LogP contribution >= 0.6 is 0 Å². The van der Waals surface area contributed by atoms with Crippen LogP contribution in [0.25, 0.3) is 11.1 Å². The van der Waals surface area contributed by atoms with Crippen LogP contribution in [0.4, 0.5) is 10.7 Å². The van der Waals surface area contributed by atoms with Gasteiger partial charge in [-0.25, -0.2) is 4.79 Å². The normalized spacial score (nSPS) is 19.1. The van der Waals surface area contributed by atoms with Gasteiger partial charge in [-0.1, -0.05) is 53.7 Å². The lowest BCUT2D eigenvalue weighted by atomic mass is 9.96. The van der Waals surface area contributed by atoms with E-state index in [1.165, 1.54) is 11.0 Å². The summed E-state index contributed by atoms with van der Waals surface area (Å²) < 4.78 is 10.5. The number of aliphatic hydroxyl groups is 1. The molecule has 10 heteroatoms. The third-order valence-corrected chi connectivity index (χ3v) is 6.36. The van der Waals surface area contributed by atoms with Gasteiger partial charge in [-0.05, 0) is 28.7 Å². The Morgan fingerprint density at radius 3 is 2.37 bits per heavy atom. The number of aromatic nitrogens is 1. The number of rotatable bonds is 5. The lowest BCUT2D eigenvalue weighted by Gasteiger charge is -2.33. The van der Waals surface area contributed by atoms with Crippen LogP contribution in [0.15, 0.2) is 59.1 Å². The van der Waals surface area contributed by atoms with Crippen LogP contribution in [0.3, 0.4) is 0 Å². The van der Waals surface area contributed by atoms with E-state index in [-0.39, 0.29) is 43.6 Å². The van der Waals surface area contributed by atoms with Crippen molar-refractivity contribution in [1.29, 1.82) is 0 Å². The zero-order valence-electron chi connectivity index (χ0n) is 18.6. The molecule has 3 N–H and O–H groups in total. The fraction of sp³-hybridized carbons (Fsp3) is 0.280. The van der Waals surface area contributed by atoms with Crippen molar-refractivity contribution in [3.63, 3.8) is 0 Å². The molecule has 3 aromatic rings. The smallest absolute Gasteiger partial charge is 0.414 e. The Kier molecular flexibility index (Phi) is 5.96. The fourth-order valence-electron chi connectivity index (χ4n) is 4.75. The van der Waals surface area contributed by atoms with Crippen molar-refractivity contribution < 1.29 is 33.9 Å². The largest absolute Gasteiger partial charge is 0.481 e. The quantitative estimate of drug-likeness (QED) is 0.509. The maximum absolute atomic E-state index is 12.7. The number of carbonyl (C=O) groups is 3. The first-order valence-corrected chi connectivity index (χ1v) is 11.2. The van der Waals surface area contributed by atoms with Gasteiger partial charge in [0.15, 0.2) is 5.69 Å². The zero-order chi connectivity index (χ0) is 24.5. The van der Waals surface area contributed by atoms with Crippen LogP contribution in [-0.4, -0.2) is 64.0 Å². The van der Waals surface area contributed by atoms with E-state index in [2.05, 4.69) is 10.5 Å². The number of nitrogens with zero attached hydrogens (tertiary/aromatic N) is 2. The van der Waals surface area contributed by atoms with Gasteiger partial charge in [-0.3, -0.25) is 14.9 Å². The molecule has 1 aliphatic heterocycles. The summed E-state index contributed by atoms with van der Waals surface area (Å²) in [5.74, 6) is -2.74. The minimum Gasteiger partial charge on any atom is -0.481 e. The highest BCUT2D eigenvalue weighted by Crippen LogP contribution is 2.44. The number of piperidine rings is 1. The number of aliphatic hydroxyl groups excluding tert-OH is 1. The molecule has 2 aliphatic rings. The number of ether oxygens (including phenoxy) is 1. The van der Waals surface area contributed by atoms with Crippen molar-refractivity contribution in [2.45, 2.75) is 18.4 Å². The lowest BCUT2D eigenvalue weighted by molar-refractivity contribution is -0.144. The van der Waals surface area contributed by atoms with E-state index in [1.54, 1.807) is 0 Å². The number of amides is 2. The monoisotopic (exact) mass is 477 g/mol. The van der Waals surface area contributed by atoms with Crippen LogP contribution in [0.5, 0.6) is 0 Å². The molecule has 0 spiro atoms. The highest BCUT2D eigenvalue weighted by Gasteiger charge is 2.34. The predicted molar refractivity (Wildman–Crippen MR) is 123 cm³/mol. The van der Waals surface area contributed by atoms with Gasteiger partial charge in [0.2, 0.25) is 5.88 Å². The average molecular weight is 477 g/mol. The summed E-state index contributed by atoms with van der Waals surface area (Å²) in [6, 6.07) is 17.2. The summed E-state index contributed by atoms with van der Waals surface area (Å²) in [5, 5.41) is 25.2. The maximum atomic E-state index is 12.7. The molecule has 0 radical (unpaired) electrons. The Hall–Kier alpha value is -4.18. The molecule has 2 heterocycles. The van der Waals surface area contributed by atoms with Gasteiger partial charge in [0.1, 0.15) is 6.61 Å². The number of fused-ring (bicyclic) bond motifs is 3. The Morgan fingerprint density at radius 2 is 1.71 bits per heavy atom. The second-order valence-electron chi connectivity index (χ2n) is 8.66. The second-order valence-corrected chi connectivity index (χ2v) is 8.66. The first kappa shape index (κ1) is 22.6. The van der Waals surface area contributed by atoms with Crippen LogP contribution in [0.1, 0.15) is 34.0 Å². The Balaban J connectivity index is 1.21. The van der Waals surface area contributed by atoms with E-state index in [0.29, 0.717) is 0 Å². The van der Waals surface area contributed by atoms with Gasteiger partial charge in [-0.2, -0.15) is 0 Å². The molecular weight excluding hydrogens is 454 g/mol. The Bertz CT molecular complexity index is 1240. The third kappa shape index (κ3) is 4.47. The summed E-state index contributed by atoms with van der Waals surface area (Å²) in [6.07, 6.45) is -1.63. The molecule has 2 atom stereocenters. The van der Waals surface area contributed by atoms with Gasteiger partial charge in [0.25, 0.3) is 5.91 Å². The number of carboxylic acid groups (broad SMARTS) is 1. The van der Waals surface area contributed by atoms with E-state index in [0.717, 1.165) is 22.3 Å². The number of aliphatic carboxylic acids is 1. The van der Waals surface area contributed by atoms with Gasteiger partial charge in [0.05, 0.1) is 12.0 Å². The minimum absolute atomic E-state index is 0.00931. The van der Waals surface area contributed by atoms with Crippen molar-refractivity contribution >= 4 is 23.9 Å². The molecule has 2 aromatic carbocycles. The molecule has 10 nitrogen and oxygen atoms in total. The van der Waals surface area contributed by atoms with E-state index in [1.807, 2.05) is 48.5 Å². The number of hydrogen-bond donors (Lipinski definition) is 3. The summed E-state index contributed by atoms with van der Waals surface area (Å²) in [4.78, 5) is 37.6. The standard InChI is InChI=1S/C25H23N3O7/c29-15-9-14(24(31)32)11-28(12-15)23(30)21-10-22(35-27-21)26-25(33)34-13-20-18-7-3-1-5-16(18)17-6-2-4-8-19(17)20/h1-8,10,14-15,20,29H,9,11-13H2,(H,26,33)(H,31,32). The number of anilines is 1. The van der Waals surface area contributed by atoms with Crippen LogP contribution in [-0.2, 0) is 9.53 Å². The summed E-state index contributed by atoms with van der Waals surface area (Å²) >= 11 is 0. The minimum atomic E-state index is -1.08. The average Bonchev–Trinajstić information content (AvgIpc) is 3.44. The van der Waals surface area contributed by atoms with Crippen molar-refractivity contribution in [3.8, 4) is 11.1 Å². The molecule has 2 unspecified atom stereocenters. The molecule has 5 rings (SSSR count). The number of hydrogen-bond acceptors (Lipinski definition) is 7. The molecule has 35 heavy (non-hydrogen) atoms. The summed E-state index contributed by atoms with van der Waals surface area (Å²) in [7, 11) is 0. The van der Waals surface area contributed by atoms with Gasteiger partial charge in [0, 0.05) is 25.1 Å². The van der Waals surface area contributed by atoms with Crippen molar-refractivity contribution in [2.24, 2.45) is 5.92 Å². The third-order valence-electron chi connectivity index (χ3n) is 6.36. The number of β-amino-alcohol motifs (C(OH)–C–C–N with tert-alkyl or cyclic N) is 1. The second kappa shape index (κ2) is 9.22. The number of carboxylic acids is 1. The molecule has 1 aliphatic carbocycles.